The Balaban J connectivity index is 2.19. The second-order valence-electron chi connectivity index (χ2n) is 4.07. The fourth-order valence-electron chi connectivity index (χ4n) is 1.72. The van der Waals surface area contributed by atoms with E-state index >= 15 is 0 Å². The minimum atomic E-state index is 0.138. The van der Waals surface area contributed by atoms with E-state index in [2.05, 4.69) is 68.4 Å². The lowest BCUT2D eigenvalue weighted by Gasteiger charge is -2.17. The summed E-state index contributed by atoms with van der Waals surface area (Å²) >= 11 is 8.72. The normalized spacial score (nSPS) is 12.4. The number of benzene rings is 1. The summed E-state index contributed by atoms with van der Waals surface area (Å²) in [5.41, 5.74) is 8.21. The van der Waals surface area contributed by atoms with E-state index in [0.717, 1.165) is 13.9 Å². The van der Waals surface area contributed by atoms with Crippen LogP contribution < -0.4 is 11.1 Å². The van der Waals surface area contributed by atoms with E-state index in [1.807, 2.05) is 6.07 Å². The van der Waals surface area contributed by atoms with Crippen LogP contribution in [-0.2, 0) is 0 Å². The Morgan fingerprint density at radius 2 is 2.11 bits per heavy atom. The average molecular weight is 390 g/mol. The van der Waals surface area contributed by atoms with Gasteiger partial charge in [-0.05, 0) is 62.5 Å². The highest BCUT2D eigenvalue weighted by molar-refractivity contribution is 9.13. The Morgan fingerprint density at radius 3 is 2.67 bits per heavy atom. The third kappa shape index (κ3) is 3.35. The van der Waals surface area contributed by atoms with Crippen LogP contribution in [0.5, 0.6) is 0 Å². The molecule has 2 rings (SSSR count). The zero-order chi connectivity index (χ0) is 13.1. The number of nitrogens with one attached hydrogen (secondary N) is 1. The molecule has 0 aliphatic carbocycles. The summed E-state index contributed by atoms with van der Waals surface area (Å²) in [5.74, 6) is 0. The largest absolute Gasteiger partial charge is 0.376 e. The maximum atomic E-state index is 5.86. The van der Waals surface area contributed by atoms with E-state index in [4.69, 9.17) is 5.73 Å². The Hall–Kier alpha value is -0.360. The molecule has 1 heterocycles. The van der Waals surface area contributed by atoms with Crippen LogP contribution in [0.4, 0.5) is 5.69 Å². The first-order valence-corrected chi connectivity index (χ1v) is 7.98. The maximum Gasteiger partial charge on any atom is 0.0844 e. The molecule has 18 heavy (non-hydrogen) atoms. The van der Waals surface area contributed by atoms with Gasteiger partial charge in [-0.15, -0.1) is 11.3 Å². The molecule has 0 fully saturated rings. The van der Waals surface area contributed by atoms with Gasteiger partial charge in [0.1, 0.15) is 0 Å². The molecule has 1 atom stereocenters. The molecule has 3 N–H and O–H groups in total. The summed E-state index contributed by atoms with van der Waals surface area (Å²) in [6, 6.07) is 10.6. The van der Waals surface area contributed by atoms with Gasteiger partial charge in [0, 0.05) is 21.6 Å². The zero-order valence-corrected chi connectivity index (χ0v) is 13.9. The Labute approximate surface area is 128 Å². The van der Waals surface area contributed by atoms with Crippen molar-refractivity contribution in [1.29, 1.82) is 0 Å². The SMILES string of the molecule is Cc1cccc(NC(CN)c2cc(Br)c(Br)s2)c1. The highest BCUT2D eigenvalue weighted by atomic mass is 79.9. The van der Waals surface area contributed by atoms with E-state index in [1.165, 1.54) is 10.4 Å². The predicted molar refractivity (Wildman–Crippen MR) is 86.3 cm³/mol. The molecule has 0 amide bonds. The number of rotatable bonds is 4. The van der Waals surface area contributed by atoms with Gasteiger partial charge in [-0.2, -0.15) is 0 Å². The molecule has 5 heteroatoms. The van der Waals surface area contributed by atoms with Gasteiger partial charge < -0.3 is 11.1 Å². The first-order chi connectivity index (χ1) is 8.60. The molecule has 0 aliphatic heterocycles. The average Bonchev–Trinajstić information content (AvgIpc) is 2.66. The molecule has 2 aromatic rings. The standard InChI is InChI=1S/C13H14Br2N2S/c1-8-3-2-4-9(5-8)17-11(7-16)12-6-10(14)13(15)18-12/h2-6,11,17H,7,16H2,1H3. The van der Waals surface area contributed by atoms with Gasteiger partial charge in [0.25, 0.3) is 0 Å². The lowest BCUT2D eigenvalue weighted by molar-refractivity contribution is 0.805. The Kier molecular flexibility index (Phi) is 4.84. The summed E-state index contributed by atoms with van der Waals surface area (Å²) in [7, 11) is 0. The van der Waals surface area contributed by atoms with E-state index in [0.29, 0.717) is 6.54 Å². The van der Waals surface area contributed by atoms with E-state index in [1.54, 1.807) is 11.3 Å². The molecule has 2 nitrogen and oxygen atoms in total. The molecule has 1 unspecified atom stereocenters. The van der Waals surface area contributed by atoms with Crippen molar-refractivity contribution in [3.63, 3.8) is 0 Å². The van der Waals surface area contributed by atoms with Crippen LogP contribution in [0.25, 0.3) is 0 Å². The fraction of sp³-hybridized carbons (Fsp3) is 0.231. The van der Waals surface area contributed by atoms with Crippen molar-refractivity contribution in [2.75, 3.05) is 11.9 Å². The van der Waals surface area contributed by atoms with Crippen molar-refractivity contribution >= 4 is 48.9 Å². The van der Waals surface area contributed by atoms with Crippen LogP contribution in [0.15, 0.2) is 38.6 Å². The summed E-state index contributed by atoms with van der Waals surface area (Å²) in [6.45, 7) is 2.65. The minimum Gasteiger partial charge on any atom is -0.376 e. The fourth-order valence-corrected chi connectivity index (χ4v) is 3.87. The molecule has 0 bridgehead atoms. The lowest BCUT2D eigenvalue weighted by Crippen LogP contribution is -2.19. The van der Waals surface area contributed by atoms with Crippen LogP contribution in [0.3, 0.4) is 0 Å². The maximum absolute atomic E-state index is 5.86. The first kappa shape index (κ1) is 14.1. The van der Waals surface area contributed by atoms with Crippen LogP contribution in [0, 0.1) is 6.92 Å². The van der Waals surface area contributed by atoms with Gasteiger partial charge >= 0.3 is 0 Å². The summed E-state index contributed by atoms with van der Waals surface area (Å²) < 4.78 is 2.17. The van der Waals surface area contributed by atoms with Crippen molar-refractivity contribution in [3.8, 4) is 0 Å². The number of aryl methyl sites for hydroxylation is 1. The molecule has 0 radical (unpaired) electrons. The molecule has 1 aromatic heterocycles. The second-order valence-corrected chi connectivity index (χ2v) is 7.33. The molecule has 0 saturated heterocycles. The monoisotopic (exact) mass is 388 g/mol. The van der Waals surface area contributed by atoms with E-state index < -0.39 is 0 Å². The van der Waals surface area contributed by atoms with Gasteiger partial charge in [0.2, 0.25) is 0 Å². The van der Waals surface area contributed by atoms with Gasteiger partial charge in [-0.1, -0.05) is 12.1 Å². The van der Waals surface area contributed by atoms with E-state index in [-0.39, 0.29) is 6.04 Å². The van der Waals surface area contributed by atoms with Crippen molar-refractivity contribution in [2.45, 2.75) is 13.0 Å². The number of nitrogens with two attached hydrogens (primary N) is 1. The summed E-state index contributed by atoms with van der Waals surface area (Å²) in [4.78, 5) is 1.22. The molecular weight excluding hydrogens is 376 g/mol. The molecule has 0 aliphatic rings. The Bertz CT molecular complexity index is 520. The van der Waals surface area contributed by atoms with Gasteiger partial charge in [0.15, 0.2) is 0 Å². The van der Waals surface area contributed by atoms with Crippen LogP contribution in [-0.4, -0.2) is 6.54 Å². The molecular formula is C13H14Br2N2S. The van der Waals surface area contributed by atoms with Gasteiger partial charge in [-0.25, -0.2) is 0 Å². The van der Waals surface area contributed by atoms with Crippen molar-refractivity contribution in [2.24, 2.45) is 5.73 Å². The van der Waals surface area contributed by atoms with Crippen molar-refractivity contribution in [1.82, 2.24) is 0 Å². The van der Waals surface area contributed by atoms with Crippen LogP contribution >= 0.6 is 43.2 Å². The summed E-state index contributed by atoms with van der Waals surface area (Å²) in [5, 5.41) is 3.47. The van der Waals surface area contributed by atoms with Crippen LogP contribution in [0.1, 0.15) is 16.5 Å². The zero-order valence-electron chi connectivity index (χ0n) is 9.91. The number of hydrogen-bond donors (Lipinski definition) is 2. The van der Waals surface area contributed by atoms with Crippen molar-refractivity contribution < 1.29 is 0 Å². The third-order valence-corrected chi connectivity index (χ3v) is 5.97. The molecule has 1 aromatic carbocycles. The quantitative estimate of drug-likeness (QED) is 0.795. The Morgan fingerprint density at radius 1 is 1.33 bits per heavy atom. The number of hydrogen-bond acceptors (Lipinski definition) is 3. The third-order valence-electron chi connectivity index (χ3n) is 2.60. The molecule has 0 spiro atoms. The number of thiophene rings is 1. The molecule has 0 saturated carbocycles. The van der Waals surface area contributed by atoms with Gasteiger partial charge in [0.05, 0.1) is 9.83 Å². The van der Waals surface area contributed by atoms with Gasteiger partial charge in [-0.3, -0.25) is 0 Å². The molecule has 96 valence electrons. The van der Waals surface area contributed by atoms with Crippen molar-refractivity contribution in [3.05, 3.63) is 49.0 Å². The lowest BCUT2D eigenvalue weighted by atomic mass is 10.2. The predicted octanol–water partition coefficient (Wildman–Crippen LogP) is 4.69. The number of halogens is 2. The second kappa shape index (κ2) is 6.19. The number of anilines is 1. The summed E-state index contributed by atoms with van der Waals surface area (Å²) in [6.07, 6.45) is 0. The van der Waals surface area contributed by atoms with Crippen LogP contribution in [0.2, 0.25) is 0 Å². The highest BCUT2D eigenvalue weighted by Gasteiger charge is 2.14. The first-order valence-electron chi connectivity index (χ1n) is 5.58. The van der Waals surface area contributed by atoms with E-state index in [9.17, 15) is 0 Å². The minimum absolute atomic E-state index is 0.138. The highest BCUT2D eigenvalue weighted by Crippen LogP contribution is 2.36. The topological polar surface area (TPSA) is 38.0 Å². The smallest absolute Gasteiger partial charge is 0.0844 e.